The normalized spacial score (nSPS) is 47.8. The highest BCUT2D eigenvalue weighted by Crippen LogP contribution is 2.54. The SMILES string of the molecule is CC1CC2CC(C)CC(CCO)(C1)C2. The zero-order valence-corrected chi connectivity index (χ0v) is 9.63. The Kier molecular flexibility index (Phi) is 2.88. The first-order valence-electron chi connectivity index (χ1n) is 6.24. The molecule has 2 fully saturated rings. The molecule has 0 radical (unpaired) electrons. The largest absolute Gasteiger partial charge is 0.396 e. The van der Waals surface area contributed by atoms with E-state index in [-0.39, 0.29) is 0 Å². The van der Waals surface area contributed by atoms with Gasteiger partial charge in [-0.05, 0) is 61.7 Å². The molecule has 0 aromatic heterocycles. The Morgan fingerprint density at radius 1 is 1.07 bits per heavy atom. The predicted octanol–water partition coefficient (Wildman–Crippen LogP) is 3.22. The van der Waals surface area contributed by atoms with Gasteiger partial charge in [-0.1, -0.05) is 13.8 Å². The number of hydrogen-bond acceptors (Lipinski definition) is 1. The minimum absolute atomic E-state index is 0.395. The van der Waals surface area contributed by atoms with Crippen LogP contribution in [-0.4, -0.2) is 11.7 Å². The molecule has 2 aliphatic rings. The van der Waals surface area contributed by atoms with E-state index in [0.29, 0.717) is 12.0 Å². The molecule has 2 atom stereocenters. The van der Waals surface area contributed by atoms with E-state index in [1.54, 1.807) is 0 Å². The van der Waals surface area contributed by atoms with Crippen molar-refractivity contribution in [2.45, 2.75) is 52.4 Å². The Labute approximate surface area is 87.9 Å². The van der Waals surface area contributed by atoms with Gasteiger partial charge in [0.2, 0.25) is 0 Å². The summed E-state index contributed by atoms with van der Waals surface area (Å²) >= 11 is 0. The van der Waals surface area contributed by atoms with E-state index in [4.69, 9.17) is 0 Å². The van der Waals surface area contributed by atoms with Gasteiger partial charge in [0.05, 0.1) is 0 Å². The Morgan fingerprint density at radius 2 is 1.64 bits per heavy atom. The van der Waals surface area contributed by atoms with Gasteiger partial charge in [0, 0.05) is 6.61 Å². The predicted molar refractivity (Wildman–Crippen MR) is 59.0 cm³/mol. The molecule has 2 bridgehead atoms. The molecular formula is C13H24O. The molecule has 82 valence electrons. The van der Waals surface area contributed by atoms with Crippen molar-refractivity contribution in [2.75, 3.05) is 6.61 Å². The van der Waals surface area contributed by atoms with Crippen LogP contribution in [0.4, 0.5) is 0 Å². The van der Waals surface area contributed by atoms with Crippen molar-refractivity contribution >= 4 is 0 Å². The molecule has 0 heterocycles. The number of aliphatic hydroxyl groups excluding tert-OH is 1. The highest BCUT2D eigenvalue weighted by atomic mass is 16.3. The van der Waals surface area contributed by atoms with Crippen LogP contribution >= 0.6 is 0 Å². The highest BCUT2D eigenvalue weighted by Gasteiger charge is 2.43. The number of fused-ring (bicyclic) bond motifs is 2. The molecule has 0 spiro atoms. The Bertz CT molecular complexity index is 180. The van der Waals surface area contributed by atoms with Crippen LogP contribution in [0.25, 0.3) is 0 Å². The van der Waals surface area contributed by atoms with Gasteiger partial charge in [-0.25, -0.2) is 0 Å². The maximum absolute atomic E-state index is 9.20. The van der Waals surface area contributed by atoms with E-state index in [1.807, 2.05) is 0 Å². The summed E-state index contributed by atoms with van der Waals surface area (Å²) in [6, 6.07) is 0. The second-order valence-corrected chi connectivity index (χ2v) is 6.13. The molecule has 2 aliphatic carbocycles. The third-order valence-electron chi connectivity index (χ3n) is 4.40. The molecule has 0 aliphatic heterocycles. The van der Waals surface area contributed by atoms with Gasteiger partial charge >= 0.3 is 0 Å². The average molecular weight is 196 g/mol. The van der Waals surface area contributed by atoms with Crippen LogP contribution in [0.15, 0.2) is 0 Å². The molecule has 2 saturated carbocycles. The molecule has 2 unspecified atom stereocenters. The lowest BCUT2D eigenvalue weighted by molar-refractivity contribution is -0.0000166. The summed E-state index contributed by atoms with van der Waals surface area (Å²) < 4.78 is 0. The fourth-order valence-electron chi connectivity index (χ4n) is 4.45. The summed E-state index contributed by atoms with van der Waals surface area (Å²) in [6.07, 6.45) is 8.08. The standard InChI is InChI=1S/C13H24O/c1-10-5-12-6-11(2)8-13(7-10,9-12)3-4-14/h10-12,14H,3-9H2,1-2H3. The van der Waals surface area contributed by atoms with E-state index in [0.717, 1.165) is 24.2 Å². The average Bonchev–Trinajstić information content (AvgIpc) is 1.99. The Morgan fingerprint density at radius 3 is 2.14 bits per heavy atom. The minimum Gasteiger partial charge on any atom is -0.396 e. The maximum Gasteiger partial charge on any atom is 0.0436 e. The molecule has 1 heteroatoms. The molecule has 2 rings (SSSR count). The lowest BCUT2D eigenvalue weighted by Crippen LogP contribution is -2.39. The van der Waals surface area contributed by atoms with E-state index < -0.39 is 0 Å². The third kappa shape index (κ3) is 1.98. The van der Waals surface area contributed by atoms with Crippen molar-refractivity contribution in [1.29, 1.82) is 0 Å². The summed E-state index contributed by atoms with van der Waals surface area (Å²) in [5.41, 5.74) is 0.523. The second kappa shape index (κ2) is 3.84. The molecule has 1 nitrogen and oxygen atoms in total. The molecule has 0 aromatic carbocycles. The van der Waals surface area contributed by atoms with E-state index >= 15 is 0 Å². The molecule has 14 heavy (non-hydrogen) atoms. The van der Waals surface area contributed by atoms with Gasteiger partial charge in [0.15, 0.2) is 0 Å². The quantitative estimate of drug-likeness (QED) is 0.719. The lowest BCUT2D eigenvalue weighted by Gasteiger charge is -2.50. The van der Waals surface area contributed by atoms with E-state index in [1.165, 1.54) is 32.1 Å². The van der Waals surface area contributed by atoms with Crippen molar-refractivity contribution < 1.29 is 5.11 Å². The van der Waals surface area contributed by atoms with Gasteiger partial charge in [-0.3, -0.25) is 0 Å². The zero-order chi connectivity index (χ0) is 10.2. The van der Waals surface area contributed by atoms with Crippen LogP contribution in [0.5, 0.6) is 0 Å². The first-order chi connectivity index (χ1) is 6.63. The summed E-state index contributed by atoms with van der Waals surface area (Å²) in [4.78, 5) is 0. The fraction of sp³-hybridized carbons (Fsp3) is 1.00. The number of rotatable bonds is 2. The van der Waals surface area contributed by atoms with Gasteiger partial charge in [-0.2, -0.15) is 0 Å². The number of aliphatic hydroxyl groups is 1. The van der Waals surface area contributed by atoms with Gasteiger partial charge in [0.1, 0.15) is 0 Å². The molecule has 0 aromatic rings. The van der Waals surface area contributed by atoms with Crippen LogP contribution in [0.1, 0.15) is 52.4 Å². The summed E-state index contributed by atoms with van der Waals surface area (Å²) in [7, 11) is 0. The molecule has 0 saturated heterocycles. The van der Waals surface area contributed by atoms with Crippen LogP contribution in [0, 0.1) is 23.2 Å². The van der Waals surface area contributed by atoms with E-state index in [2.05, 4.69) is 13.8 Å². The van der Waals surface area contributed by atoms with Gasteiger partial charge < -0.3 is 5.11 Å². The van der Waals surface area contributed by atoms with E-state index in [9.17, 15) is 5.11 Å². The smallest absolute Gasteiger partial charge is 0.0436 e. The van der Waals surface area contributed by atoms with Crippen LogP contribution in [-0.2, 0) is 0 Å². The van der Waals surface area contributed by atoms with Crippen molar-refractivity contribution in [2.24, 2.45) is 23.2 Å². The second-order valence-electron chi connectivity index (χ2n) is 6.13. The zero-order valence-electron chi connectivity index (χ0n) is 9.63. The number of hydrogen-bond donors (Lipinski definition) is 1. The first-order valence-corrected chi connectivity index (χ1v) is 6.24. The summed E-state index contributed by atoms with van der Waals surface area (Å²) in [5.74, 6) is 2.76. The van der Waals surface area contributed by atoms with Crippen LogP contribution < -0.4 is 0 Å². The highest BCUT2D eigenvalue weighted by molar-refractivity contribution is 4.94. The van der Waals surface area contributed by atoms with Crippen LogP contribution in [0.3, 0.4) is 0 Å². The van der Waals surface area contributed by atoms with Crippen molar-refractivity contribution in [3.05, 3.63) is 0 Å². The fourth-order valence-corrected chi connectivity index (χ4v) is 4.45. The van der Waals surface area contributed by atoms with Crippen LogP contribution in [0.2, 0.25) is 0 Å². The van der Waals surface area contributed by atoms with Crippen molar-refractivity contribution in [3.8, 4) is 0 Å². The van der Waals surface area contributed by atoms with Gasteiger partial charge in [-0.15, -0.1) is 0 Å². The molecular weight excluding hydrogens is 172 g/mol. The molecule has 1 N–H and O–H groups in total. The third-order valence-corrected chi connectivity index (χ3v) is 4.40. The Hall–Kier alpha value is -0.0400. The summed E-state index contributed by atoms with van der Waals surface area (Å²) in [5, 5.41) is 9.20. The molecule has 0 amide bonds. The summed E-state index contributed by atoms with van der Waals surface area (Å²) in [6.45, 7) is 5.19. The maximum atomic E-state index is 9.20. The minimum atomic E-state index is 0.395. The topological polar surface area (TPSA) is 20.2 Å². The monoisotopic (exact) mass is 196 g/mol. The van der Waals surface area contributed by atoms with Crippen molar-refractivity contribution in [3.63, 3.8) is 0 Å². The van der Waals surface area contributed by atoms with Crippen molar-refractivity contribution in [1.82, 2.24) is 0 Å². The lowest BCUT2D eigenvalue weighted by atomic mass is 9.56. The first kappa shape index (κ1) is 10.5. The van der Waals surface area contributed by atoms with Gasteiger partial charge in [0.25, 0.3) is 0 Å². The Balaban J connectivity index is 2.10.